The maximum atomic E-state index is 12.4. The van der Waals surface area contributed by atoms with Crippen LogP contribution in [0.3, 0.4) is 0 Å². The van der Waals surface area contributed by atoms with Gasteiger partial charge in [-0.2, -0.15) is 5.10 Å². The van der Waals surface area contributed by atoms with E-state index in [1.807, 2.05) is 4.68 Å². The standard InChI is InChI=1S/C18H20N6O2/c25-17(12-23-18(26)14-8-4-5-9-15(14)21-22-23)20-16-10-11-19-24(16)13-6-2-1-3-7-13/h4-5,8-11,13H,1-3,6-7,12H2,(H,20,25). The van der Waals surface area contributed by atoms with Gasteiger partial charge in [-0.25, -0.2) is 9.36 Å². The van der Waals surface area contributed by atoms with Crippen molar-refractivity contribution in [2.45, 2.75) is 44.7 Å². The van der Waals surface area contributed by atoms with Crippen LogP contribution in [0.25, 0.3) is 10.9 Å². The number of hydrogen-bond acceptors (Lipinski definition) is 5. The molecule has 4 rings (SSSR count). The number of fused-ring (bicyclic) bond motifs is 1. The first-order chi connectivity index (χ1) is 12.7. The summed E-state index contributed by atoms with van der Waals surface area (Å²) in [6, 6.07) is 9.05. The van der Waals surface area contributed by atoms with Gasteiger partial charge < -0.3 is 5.32 Å². The molecule has 1 saturated carbocycles. The largest absolute Gasteiger partial charge is 0.309 e. The number of rotatable bonds is 4. The van der Waals surface area contributed by atoms with Gasteiger partial charge in [0.25, 0.3) is 5.56 Å². The van der Waals surface area contributed by atoms with Crippen molar-refractivity contribution < 1.29 is 4.79 Å². The summed E-state index contributed by atoms with van der Waals surface area (Å²) in [5.74, 6) is 0.331. The summed E-state index contributed by atoms with van der Waals surface area (Å²) in [4.78, 5) is 24.9. The van der Waals surface area contributed by atoms with Crippen LogP contribution in [-0.4, -0.2) is 30.7 Å². The lowest BCUT2D eigenvalue weighted by Crippen LogP contribution is -2.31. The summed E-state index contributed by atoms with van der Waals surface area (Å²) < 4.78 is 2.96. The van der Waals surface area contributed by atoms with Gasteiger partial charge in [0.2, 0.25) is 5.91 Å². The molecule has 1 aliphatic carbocycles. The maximum absolute atomic E-state index is 12.4. The summed E-state index contributed by atoms with van der Waals surface area (Å²) >= 11 is 0. The quantitative estimate of drug-likeness (QED) is 0.776. The SMILES string of the molecule is O=C(Cn1nnc2ccccc2c1=O)Nc1ccnn1C1CCCCC1. The van der Waals surface area contributed by atoms with Gasteiger partial charge in [-0.1, -0.05) is 36.6 Å². The van der Waals surface area contributed by atoms with E-state index in [1.165, 1.54) is 19.3 Å². The monoisotopic (exact) mass is 352 g/mol. The molecule has 0 saturated heterocycles. The zero-order valence-corrected chi connectivity index (χ0v) is 14.3. The molecule has 8 nitrogen and oxygen atoms in total. The Morgan fingerprint density at radius 2 is 1.96 bits per heavy atom. The lowest BCUT2D eigenvalue weighted by atomic mass is 9.96. The van der Waals surface area contributed by atoms with Crippen LogP contribution in [0.5, 0.6) is 0 Å². The third kappa shape index (κ3) is 3.22. The Bertz CT molecular complexity index is 987. The van der Waals surface area contributed by atoms with Crippen LogP contribution in [0, 0.1) is 0 Å². The van der Waals surface area contributed by atoms with Gasteiger partial charge in [-0.05, 0) is 25.0 Å². The maximum Gasteiger partial charge on any atom is 0.278 e. The molecule has 26 heavy (non-hydrogen) atoms. The molecule has 1 aliphatic rings. The molecule has 134 valence electrons. The fourth-order valence-corrected chi connectivity index (χ4v) is 3.48. The number of nitrogens with one attached hydrogen (secondary N) is 1. The Balaban J connectivity index is 1.51. The fraction of sp³-hybridized carbons (Fsp3) is 0.389. The molecule has 1 N–H and O–H groups in total. The highest BCUT2D eigenvalue weighted by Gasteiger charge is 2.19. The van der Waals surface area contributed by atoms with Crippen molar-refractivity contribution in [2.75, 3.05) is 5.32 Å². The molecule has 2 aromatic heterocycles. The number of anilines is 1. The van der Waals surface area contributed by atoms with E-state index in [9.17, 15) is 9.59 Å². The first-order valence-corrected chi connectivity index (χ1v) is 8.88. The molecule has 2 heterocycles. The first-order valence-electron chi connectivity index (χ1n) is 8.88. The van der Waals surface area contributed by atoms with E-state index >= 15 is 0 Å². The van der Waals surface area contributed by atoms with Crippen LogP contribution in [-0.2, 0) is 11.3 Å². The molecule has 0 radical (unpaired) electrons. The van der Waals surface area contributed by atoms with E-state index in [0.29, 0.717) is 22.8 Å². The van der Waals surface area contributed by atoms with Gasteiger partial charge in [0.1, 0.15) is 17.9 Å². The molecule has 1 aromatic carbocycles. The van der Waals surface area contributed by atoms with Gasteiger partial charge >= 0.3 is 0 Å². The minimum Gasteiger partial charge on any atom is -0.309 e. The first kappa shape index (κ1) is 16.4. The van der Waals surface area contributed by atoms with E-state index in [1.54, 1.807) is 36.5 Å². The zero-order chi connectivity index (χ0) is 17.9. The molecule has 0 bridgehead atoms. The van der Waals surface area contributed by atoms with Crippen molar-refractivity contribution in [1.29, 1.82) is 0 Å². The summed E-state index contributed by atoms with van der Waals surface area (Å²) in [6.07, 6.45) is 7.44. The van der Waals surface area contributed by atoms with Crippen LogP contribution < -0.4 is 10.9 Å². The van der Waals surface area contributed by atoms with Gasteiger partial charge in [-0.15, -0.1) is 5.10 Å². The number of benzene rings is 1. The molecule has 3 aromatic rings. The Labute approximate surface area is 149 Å². The van der Waals surface area contributed by atoms with Crippen molar-refractivity contribution >= 4 is 22.6 Å². The highest BCUT2D eigenvalue weighted by molar-refractivity contribution is 5.89. The third-order valence-electron chi connectivity index (χ3n) is 4.78. The summed E-state index contributed by atoms with van der Waals surface area (Å²) in [5.41, 5.74) is 0.191. The predicted octanol–water partition coefficient (Wildman–Crippen LogP) is 2.13. The minimum atomic E-state index is -0.327. The molecule has 8 heteroatoms. The number of hydrogen-bond donors (Lipinski definition) is 1. The van der Waals surface area contributed by atoms with Crippen LogP contribution >= 0.6 is 0 Å². The van der Waals surface area contributed by atoms with E-state index in [4.69, 9.17) is 0 Å². The smallest absolute Gasteiger partial charge is 0.278 e. The van der Waals surface area contributed by atoms with Gasteiger partial charge in [0.15, 0.2) is 0 Å². The Morgan fingerprint density at radius 3 is 2.81 bits per heavy atom. The zero-order valence-electron chi connectivity index (χ0n) is 14.3. The van der Waals surface area contributed by atoms with Crippen LogP contribution in [0.2, 0.25) is 0 Å². The van der Waals surface area contributed by atoms with Crippen molar-refractivity contribution in [2.24, 2.45) is 0 Å². The van der Waals surface area contributed by atoms with E-state index < -0.39 is 0 Å². The molecule has 1 amide bonds. The third-order valence-corrected chi connectivity index (χ3v) is 4.78. The number of aromatic nitrogens is 5. The lowest BCUT2D eigenvalue weighted by molar-refractivity contribution is -0.117. The normalized spacial score (nSPS) is 15.2. The number of amides is 1. The molecule has 0 unspecified atom stereocenters. The van der Waals surface area contributed by atoms with Gasteiger partial charge in [0.05, 0.1) is 17.6 Å². The molecule has 1 fully saturated rings. The second-order valence-corrected chi connectivity index (χ2v) is 6.57. The minimum absolute atomic E-state index is 0.188. The lowest BCUT2D eigenvalue weighted by Gasteiger charge is -2.23. The Kier molecular flexibility index (Phi) is 4.47. The average Bonchev–Trinajstić information content (AvgIpc) is 3.13. The van der Waals surface area contributed by atoms with Crippen LogP contribution in [0.15, 0.2) is 41.3 Å². The molecule has 0 atom stereocenters. The van der Waals surface area contributed by atoms with E-state index in [0.717, 1.165) is 17.5 Å². The van der Waals surface area contributed by atoms with Crippen molar-refractivity contribution in [3.05, 3.63) is 46.9 Å². The number of nitrogens with zero attached hydrogens (tertiary/aromatic N) is 5. The molecule has 0 aliphatic heterocycles. The topological polar surface area (TPSA) is 94.7 Å². The van der Waals surface area contributed by atoms with Crippen molar-refractivity contribution in [3.8, 4) is 0 Å². The second kappa shape index (κ2) is 7.07. The second-order valence-electron chi connectivity index (χ2n) is 6.57. The summed E-state index contributed by atoms with van der Waals surface area (Å²) in [6.45, 7) is -0.188. The van der Waals surface area contributed by atoms with Gasteiger partial charge in [0, 0.05) is 6.07 Å². The Hall–Kier alpha value is -3.03. The molecule has 0 spiro atoms. The summed E-state index contributed by atoms with van der Waals surface area (Å²) in [5, 5.41) is 15.5. The van der Waals surface area contributed by atoms with Crippen LogP contribution in [0.4, 0.5) is 5.82 Å². The van der Waals surface area contributed by atoms with Crippen molar-refractivity contribution in [3.63, 3.8) is 0 Å². The summed E-state index contributed by atoms with van der Waals surface area (Å²) in [7, 11) is 0. The fourth-order valence-electron chi connectivity index (χ4n) is 3.48. The highest BCUT2D eigenvalue weighted by Crippen LogP contribution is 2.29. The molecular weight excluding hydrogens is 332 g/mol. The predicted molar refractivity (Wildman–Crippen MR) is 96.8 cm³/mol. The average molecular weight is 352 g/mol. The Morgan fingerprint density at radius 1 is 1.15 bits per heavy atom. The van der Waals surface area contributed by atoms with Crippen molar-refractivity contribution in [1.82, 2.24) is 24.8 Å². The number of carbonyl (C=O) groups excluding carboxylic acids is 1. The molecular formula is C18H20N6O2. The number of carbonyl (C=O) groups is 1. The van der Waals surface area contributed by atoms with E-state index in [2.05, 4.69) is 20.7 Å². The van der Waals surface area contributed by atoms with Gasteiger partial charge in [-0.3, -0.25) is 9.59 Å². The van der Waals surface area contributed by atoms with Crippen LogP contribution in [0.1, 0.15) is 38.1 Å². The van der Waals surface area contributed by atoms with E-state index in [-0.39, 0.29) is 18.0 Å². The highest BCUT2D eigenvalue weighted by atomic mass is 16.2.